The Kier molecular flexibility index (Phi) is 7.15. The van der Waals surface area contributed by atoms with Gasteiger partial charge < -0.3 is 15.4 Å². The van der Waals surface area contributed by atoms with Crippen LogP contribution in [0.5, 0.6) is 0 Å². The van der Waals surface area contributed by atoms with Crippen LogP contribution >= 0.6 is 0 Å². The lowest BCUT2D eigenvalue weighted by molar-refractivity contribution is 0.150. The summed E-state index contributed by atoms with van der Waals surface area (Å²) in [4.78, 5) is 0. The predicted molar refractivity (Wildman–Crippen MR) is 61.7 cm³/mol. The number of methoxy groups -OCH3 is 1. The zero-order valence-corrected chi connectivity index (χ0v) is 10.3. The molecule has 0 aromatic rings. The smallest absolute Gasteiger partial charge is 0.0467 e. The van der Waals surface area contributed by atoms with Gasteiger partial charge in [-0.2, -0.15) is 0 Å². The maximum Gasteiger partial charge on any atom is 0.0467 e. The molecule has 1 atom stereocenters. The van der Waals surface area contributed by atoms with Crippen molar-refractivity contribution >= 4 is 0 Å². The molecule has 0 amide bonds. The molecule has 0 saturated heterocycles. The van der Waals surface area contributed by atoms with Crippen molar-refractivity contribution in [2.45, 2.75) is 33.2 Å². The van der Waals surface area contributed by atoms with Gasteiger partial charge in [0.1, 0.15) is 0 Å². The highest BCUT2D eigenvalue weighted by Gasteiger charge is 2.16. The van der Waals surface area contributed by atoms with Crippen molar-refractivity contribution < 1.29 is 4.74 Å². The molecular formula is C11H26N2O. The van der Waals surface area contributed by atoms with Crippen molar-refractivity contribution in [3.63, 3.8) is 0 Å². The Hall–Kier alpha value is -0.120. The molecule has 0 spiro atoms. The van der Waals surface area contributed by atoms with E-state index in [4.69, 9.17) is 4.74 Å². The summed E-state index contributed by atoms with van der Waals surface area (Å²) in [6.07, 6.45) is 1.10. The highest BCUT2D eigenvalue weighted by molar-refractivity contribution is 4.72. The molecule has 0 fully saturated rings. The van der Waals surface area contributed by atoms with Crippen molar-refractivity contribution in [1.29, 1.82) is 0 Å². The fourth-order valence-electron chi connectivity index (χ4n) is 1.20. The Labute approximate surface area is 88.6 Å². The Morgan fingerprint density at radius 3 is 2.50 bits per heavy atom. The first-order chi connectivity index (χ1) is 6.52. The monoisotopic (exact) mass is 202 g/mol. The van der Waals surface area contributed by atoms with Crippen LogP contribution in [-0.4, -0.2) is 39.9 Å². The van der Waals surface area contributed by atoms with Crippen molar-refractivity contribution in [1.82, 2.24) is 10.6 Å². The summed E-state index contributed by atoms with van der Waals surface area (Å²) in [7, 11) is 3.75. The number of ether oxygens (including phenoxy) is 1. The normalized spacial score (nSPS) is 14.4. The maximum atomic E-state index is 5.09. The first-order valence-corrected chi connectivity index (χ1v) is 5.39. The van der Waals surface area contributed by atoms with Crippen LogP contribution in [0.1, 0.15) is 27.2 Å². The maximum absolute atomic E-state index is 5.09. The van der Waals surface area contributed by atoms with Gasteiger partial charge in [0.25, 0.3) is 0 Å². The van der Waals surface area contributed by atoms with E-state index in [2.05, 4.69) is 31.4 Å². The molecule has 0 bridgehead atoms. The molecule has 0 rings (SSSR count). The predicted octanol–water partition coefficient (Wildman–Crippen LogP) is 1.25. The SMILES string of the molecule is CNC(C)CNCC(C)(C)CCOC. The van der Waals surface area contributed by atoms with E-state index in [1.54, 1.807) is 7.11 Å². The van der Waals surface area contributed by atoms with Crippen LogP contribution in [0.25, 0.3) is 0 Å². The molecule has 2 N–H and O–H groups in total. The van der Waals surface area contributed by atoms with Crippen LogP contribution in [0.2, 0.25) is 0 Å². The van der Waals surface area contributed by atoms with E-state index in [1.807, 2.05) is 7.05 Å². The average Bonchev–Trinajstić information content (AvgIpc) is 2.14. The molecule has 0 aromatic heterocycles. The van der Waals surface area contributed by atoms with Crippen LogP contribution in [-0.2, 0) is 4.74 Å². The average molecular weight is 202 g/mol. The topological polar surface area (TPSA) is 33.3 Å². The number of nitrogens with one attached hydrogen (secondary N) is 2. The molecule has 0 radical (unpaired) electrons. The summed E-state index contributed by atoms with van der Waals surface area (Å²) in [5, 5.41) is 6.67. The summed E-state index contributed by atoms with van der Waals surface area (Å²) in [5.41, 5.74) is 0.323. The molecule has 0 aliphatic carbocycles. The van der Waals surface area contributed by atoms with Gasteiger partial charge in [-0.05, 0) is 25.8 Å². The minimum Gasteiger partial charge on any atom is -0.385 e. The largest absolute Gasteiger partial charge is 0.385 e. The zero-order chi connectivity index (χ0) is 11.0. The molecule has 14 heavy (non-hydrogen) atoms. The third kappa shape index (κ3) is 7.30. The van der Waals surface area contributed by atoms with E-state index >= 15 is 0 Å². The Morgan fingerprint density at radius 1 is 1.36 bits per heavy atom. The van der Waals surface area contributed by atoms with Gasteiger partial charge in [-0.15, -0.1) is 0 Å². The highest BCUT2D eigenvalue weighted by atomic mass is 16.5. The molecule has 0 aliphatic heterocycles. The molecule has 0 heterocycles. The third-order valence-corrected chi connectivity index (χ3v) is 2.53. The van der Waals surface area contributed by atoms with Crippen molar-refractivity contribution in [2.75, 3.05) is 33.9 Å². The molecule has 0 aliphatic rings. The second-order valence-electron chi connectivity index (χ2n) is 4.73. The number of hydrogen-bond donors (Lipinski definition) is 2. The fraction of sp³-hybridized carbons (Fsp3) is 1.00. The van der Waals surface area contributed by atoms with Gasteiger partial charge in [0, 0.05) is 32.8 Å². The van der Waals surface area contributed by atoms with E-state index in [-0.39, 0.29) is 0 Å². The fourth-order valence-corrected chi connectivity index (χ4v) is 1.20. The molecule has 3 heteroatoms. The van der Waals surface area contributed by atoms with E-state index < -0.39 is 0 Å². The van der Waals surface area contributed by atoms with Gasteiger partial charge in [-0.3, -0.25) is 0 Å². The minimum absolute atomic E-state index is 0.323. The number of likely N-dealkylation sites (N-methyl/N-ethyl adjacent to an activating group) is 1. The first kappa shape index (κ1) is 13.9. The van der Waals surface area contributed by atoms with E-state index in [0.29, 0.717) is 11.5 Å². The standard InChI is InChI=1S/C11H26N2O/c1-10(12-4)8-13-9-11(2,3)6-7-14-5/h10,12-13H,6-9H2,1-5H3. The zero-order valence-electron chi connectivity index (χ0n) is 10.3. The minimum atomic E-state index is 0.323. The van der Waals surface area contributed by atoms with E-state index in [9.17, 15) is 0 Å². The summed E-state index contributed by atoms with van der Waals surface area (Å²) >= 11 is 0. The van der Waals surface area contributed by atoms with E-state index in [1.165, 1.54) is 0 Å². The molecule has 1 unspecified atom stereocenters. The Morgan fingerprint density at radius 2 is 2.00 bits per heavy atom. The summed E-state index contributed by atoms with van der Waals surface area (Å²) < 4.78 is 5.09. The second-order valence-corrected chi connectivity index (χ2v) is 4.73. The van der Waals surface area contributed by atoms with Gasteiger partial charge >= 0.3 is 0 Å². The molecule has 0 aromatic carbocycles. The lowest BCUT2D eigenvalue weighted by atomic mass is 9.89. The van der Waals surface area contributed by atoms with Gasteiger partial charge in [0.2, 0.25) is 0 Å². The van der Waals surface area contributed by atoms with Crippen molar-refractivity contribution in [3.8, 4) is 0 Å². The second kappa shape index (κ2) is 7.21. The lowest BCUT2D eigenvalue weighted by Gasteiger charge is -2.25. The number of hydrogen-bond acceptors (Lipinski definition) is 3. The van der Waals surface area contributed by atoms with Gasteiger partial charge in [-0.25, -0.2) is 0 Å². The van der Waals surface area contributed by atoms with Gasteiger partial charge in [0.15, 0.2) is 0 Å². The van der Waals surface area contributed by atoms with Crippen LogP contribution in [0, 0.1) is 5.41 Å². The molecular weight excluding hydrogens is 176 g/mol. The van der Waals surface area contributed by atoms with Crippen LogP contribution in [0.3, 0.4) is 0 Å². The highest BCUT2D eigenvalue weighted by Crippen LogP contribution is 2.18. The van der Waals surface area contributed by atoms with Crippen LogP contribution in [0.4, 0.5) is 0 Å². The summed E-state index contributed by atoms with van der Waals surface area (Å²) in [5.74, 6) is 0. The Bertz CT molecular complexity index is 137. The first-order valence-electron chi connectivity index (χ1n) is 5.39. The van der Waals surface area contributed by atoms with Gasteiger partial charge in [0.05, 0.1) is 0 Å². The molecule has 3 nitrogen and oxygen atoms in total. The summed E-state index contributed by atoms with van der Waals surface area (Å²) in [6, 6.07) is 0.535. The van der Waals surface area contributed by atoms with Crippen LogP contribution < -0.4 is 10.6 Å². The van der Waals surface area contributed by atoms with Crippen molar-refractivity contribution in [2.24, 2.45) is 5.41 Å². The molecule has 86 valence electrons. The van der Waals surface area contributed by atoms with Gasteiger partial charge in [-0.1, -0.05) is 13.8 Å². The quantitative estimate of drug-likeness (QED) is 0.621. The third-order valence-electron chi connectivity index (χ3n) is 2.53. The molecule has 0 saturated carbocycles. The van der Waals surface area contributed by atoms with Crippen molar-refractivity contribution in [3.05, 3.63) is 0 Å². The summed E-state index contributed by atoms with van der Waals surface area (Å²) in [6.45, 7) is 9.62. The lowest BCUT2D eigenvalue weighted by Crippen LogP contribution is -2.38. The number of rotatable bonds is 8. The van der Waals surface area contributed by atoms with Crippen LogP contribution in [0.15, 0.2) is 0 Å². The van der Waals surface area contributed by atoms with E-state index in [0.717, 1.165) is 26.1 Å². The Balaban J connectivity index is 3.54.